The van der Waals surface area contributed by atoms with Gasteiger partial charge < -0.3 is 14.7 Å². The van der Waals surface area contributed by atoms with Gasteiger partial charge in [0.1, 0.15) is 5.69 Å². The maximum absolute atomic E-state index is 11.3. The molecule has 0 radical (unpaired) electrons. The van der Waals surface area contributed by atoms with Crippen molar-refractivity contribution in [1.82, 2.24) is 9.97 Å². The van der Waals surface area contributed by atoms with Crippen molar-refractivity contribution >= 4 is 5.97 Å². The van der Waals surface area contributed by atoms with E-state index in [1.807, 2.05) is 0 Å². The molecule has 0 unspecified atom stereocenters. The van der Waals surface area contributed by atoms with Gasteiger partial charge in [-0.25, -0.2) is 9.59 Å². The van der Waals surface area contributed by atoms with Crippen LogP contribution in [0.15, 0.2) is 11.0 Å². The lowest BCUT2D eigenvalue weighted by molar-refractivity contribution is 0.0491. The molecule has 0 bridgehead atoms. The number of hydrogen-bond donors (Lipinski definition) is 2. The molecular weight excluding hydrogens is 196 g/mol. The van der Waals surface area contributed by atoms with Gasteiger partial charge >= 0.3 is 11.7 Å². The third-order valence-electron chi connectivity index (χ3n) is 2.05. The minimum Gasteiger partial charge on any atom is -0.461 e. The van der Waals surface area contributed by atoms with Gasteiger partial charge in [-0.05, 0) is 6.42 Å². The monoisotopic (exact) mass is 212 g/mol. The van der Waals surface area contributed by atoms with E-state index in [0.29, 0.717) is 6.61 Å². The van der Waals surface area contributed by atoms with Gasteiger partial charge in [-0.2, -0.15) is 0 Å². The quantitative estimate of drug-likeness (QED) is 0.553. The number of H-pyrrole nitrogens is 2. The van der Waals surface area contributed by atoms with Crippen LogP contribution >= 0.6 is 0 Å². The molecule has 2 N–H and O–H groups in total. The molecule has 0 fully saturated rings. The number of imidazole rings is 1. The first-order valence-electron chi connectivity index (χ1n) is 5.19. The summed E-state index contributed by atoms with van der Waals surface area (Å²) in [6.45, 7) is 2.53. The summed E-state index contributed by atoms with van der Waals surface area (Å²) < 4.78 is 4.96. The maximum atomic E-state index is 11.3. The van der Waals surface area contributed by atoms with E-state index in [0.717, 1.165) is 25.7 Å². The van der Waals surface area contributed by atoms with E-state index in [4.69, 9.17) is 4.74 Å². The minimum atomic E-state index is -0.482. The molecule has 15 heavy (non-hydrogen) atoms. The van der Waals surface area contributed by atoms with Crippen molar-refractivity contribution in [1.29, 1.82) is 0 Å². The van der Waals surface area contributed by atoms with Gasteiger partial charge in [-0.1, -0.05) is 26.2 Å². The Morgan fingerprint density at radius 2 is 2.20 bits per heavy atom. The van der Waals surface area contributed by atoms with E-state index in [9.17, 15) is 9.59 Å². The Bertz CT molecular complexity index is 354. The van der Waals surface area contributed by atoms with Crippen molar-refractivity contribution in [2.45, 2.75) is 32.6 Å². The molecule has 0 aliphatic carbocycles. The van der Waals surface area contributed by atoms with E-state index in [2.05, 4.69) is 16.9 Å². The number of rotatable bonds is 6. The smallest absolute Gasteiger partial charge is 0.356 e. The maximum Gasteiger partial charge on any atom is 0.356 e. The first-order chi connectivity index (χ1) is 7.24. The first kappa shape index (κ1) is 11.6. The molecule has 1 aromatic heterocycles. The fraction of sp³-hybridized carbons (Fsp3) is 0.600. The zero-order chi connectivity index (χ0) is 11.1. The predicted molar refractivity (Wildman–Crippen MR) is 55.8 cm³/mol. The largest absolute Gasteiger partial charge is 0.461 e. The average Bonchev–Trinajstić information content (AvgIpc) is 2.64. The highest BCUT2D eigenvalue weighted by molar-refractivity contribution is 5.86. The van der Waals surface area contributed by atoms with Crippen LogP contribution in [0.4, 0.5) is 0 Å². The minimum absolute atomic E-state index is 0.176. The summed E-state index contributed by atoms with van der Waals surface area (Å²) in [6, 6.07) is 0. The van der Waals surface area contributed by atoms with E-state index in [1.54, 1.807) is 0 Å². The second-order valence-electron chi connectivity index (χ2n) is 3.35. The average molecular weight is 212 g/mol. The SMILES string of the molecule is CCCCCCOC(=O)c1c[nH]c(=O)[nH]1. The molecule has 0 amide bonds. The molecule has 0 aliphatic rings. The summed E-state index contributed by atoms with van der Waals surface area (Å²) in [6.07, 6.45) is 5.55. The summed E-state index contributed by atoms with van der Waals surface area (Å²) >= 11 is 0. The highest BCUT2D eigenvalue weighted by Crippen LogP contribution is 2.00. The second kappa shape index (κ2) is 6.06. The van der Waals surface area contributed by atoms with Crippen LogP contribution < -0.4 is 5.69 Å². The molecule has 1 rings (SSSR count). The van der Waals surface area contributed by atoms with Gasteiger partial charge in [0.25, 0.3) is 0 Å². The highest BCUT2D eigenvalue weighted by Gasteiger charge is 2.08. The zero-order valence-corrected chi connectivity index (χ0v) is 8.84. The van der Waals surface area contributed by atoms with Gasteiger partial charge in [0, 0.05) is 6.20 Å². The van der Waals surface area contributed by atoms with Crippen LogP contribution in [0.5, 0.6) is 0 Å². The Hall–Kier alpha value is -1.52. The summed E-state index contributed by atoms with van der Waals surface area (Å²) in [5.41, 5.74) is -0.219. The van der Waals surface area contributed by atoms with Crippen molar-refractivity contribution in [2.75, 3.05) is 6.61 Å². The van der Waals surface area contributed by atoms with Crippen LogP contribution in [-0.2, 0) is 4.74 Å². The molecule has 0 spiro atoms. The van der Waals surface area contributed by atoms with Gasteiger partial charge in [0.05, 0.1) is 6.61 Å². The second-order valence-corrected chi connectivity index (χ2v) is 3.35. The third kappa shape index (κ3) is 4.01. The van der Waals surface area contributed by atoms with Crippen LogP contribution in [0.25, 0.3) is 0 Å². The van der Waals surface area contributed by atoms with Crippen molar-refractivity contribution in [3.8, 4) is 0 Å². The van der Waals surface area contributed by atoms with Gasteiger partial charge in [-0.3, -0.25) is 0 Å². The number of aromatic nitrogens is 2. The van der Waals surface area contributed by atoms with Gasteiger partial charge in [0.15, 0.2) is 0 Å². The Morgan fingerprint density at radius 1 is 1.40 bits per heavy atom. The lowest BCUT2D eigenvalue weighted by Crippen LogP contribution is -2.09. The molecule has 5 nitrogen and oxygen atoms in total. The molecule has 5 heteroatoms. The number of unbranched alkanes of at least 4 members (excludes halogenated alkanes) is 3. The molecule has 0 saturated carbocycles. The van der Waals surface area contributed by atoms with E-state index < -0.39 is 11.7 Å². The molecule has 0 aliphatic heterocycles. The lowest BCUT2D eigenvalue weighted by Gasteiger charge is -2.01. The third-order valence-corrected chi connectivity index (χ3v) is 2.05. The molecular formula is C10H16N2O3. The molecule has 0 atom stereocenters. The molecule has 0 saturated heterocycles. The number of hydrogen-bond acceptors (Lipinski definition) is 3. The number of carbonyl (C=O) groups is 1. The summed E-state index contributed by atoms with van der Waals surface area (Å²) in [5.74, 6) is -0.482. The molecule has 0 aromatic carbocycles. The molecule has 1 aromatic rings. The summed E-state index contributed by atoms with van der Waals surface area (Å²) in [5, 5.41) is 0. The number of aromatic amines is 2. The van der Waals surface area contributed by atoms with Crippen LogP contribution in [0.3, 0.4) is 0 Å². The van der Waals surface area contributed by atoms with Crippen molar-refractivity contribution in [3.05, 3.63) is 22.4 Å². The number of nitrogens with one attached hydrogen (secondary N) is 2. The van der Waals surface area contributed by atoms with E-state index >= 15 is 0 Å². The van der Waals surface area contributed by atoms with E-state index in [1.165, 1.54) is 6.20 Å². The predicted octanol–water partition coefficient (Wildman–Crippen LogP) is 1.44. The van der Waals surface area contributed by atoms with Crippen LogP contribution in [0, 0.1) is 0 Å². The Balaban J connectivity index is 2.22. The van der Waals surface area contributed by atoms with Crippen LogP contribution in [0.2, 0.25) is 0 Å². The van der Waals surface area contributed by atoms with Crippen LogP contribution in [-0.4, -0.2) is 22.5 Å². The Labute approximate surface area is 87.9 Å². The molecule has 84 valence electrons. The number of carbonyl (C=O) groups excluding carboxylic acids is 1. The standard InChI is InChI=1S/C10H16N2O3/c1-2-3-4-5-6-15-9(13)8-7-11-10(14)12-8/h7H,2-6H2,1H3,(H2,11,12,14). The fourth-order valence-corrected chi connectivity index (χ4v) is 1.21. The summed E-state index contributed by atoms with van der Waals surface area (Å²) in [4.78, 5) is 26.7. The molecule has 1 heterocycles. The topological polar surface area (TPSA) is 75.0 Å². The van der Waals surface area contributed by atoms with Gasteiger partial charge in [0.2, 0.25) is 0 Å². The first-order valence-corrected chi connectivity index (χ1v) is 5.19. The highest BCUT2D eigenvalue weighted by atomic mass is 16.5. The lowest BCUT2D eigenvalue weighted by atomic mass is 10.2. The van der Waals surface area contributed by atoms with Gasteiger partial charge in [-0.15, -0.1) is 0 Å². The normalized spacial score (nSPS) is 10.2. The number of ether oxygens (including phenoxy) is 1. The van der Waals surface area contributed by atoms with Crippen molar-refractivity contribution in [3.63, 3.8) is 0 Å². The zero-order valence-electron chi connectivity index (χ0n) is 8.84. The Kier molecular flexibility index (Phi) is 4.66. The summed E-state index contributed by atoms with van der Waals surface area (Å²) in [7, 11) is 0. The van der Waals surface area contributed by atoms with Crippen molar-refractivity contribution < 1.29 is 9.53 Å². The Morgan fingerprint density at radius 3 is 2.80 bits per heavy atom. The van der Waals surface area contributed by atoms with E-state index in [-0.39, 0.29) is 5.69 Å². The van der Waals surface area contributed by atoms with Crippen LogP contribution in [0.1, 0.15) is 43.1 Å². The fourth-order valence-electron chi connectivity index (χ4n) is 1.21. The van der Waals surface area contributed by atoms with Crippen molar-refractivity contribution in [2.24, 2.45) is 0 Å². The number of esters is 1.